The number of amides is 1. The van der Waals surface area contributed by atoms with Gasteiger partial charge in [-0.15, -0.1) is 18.8 Å². The van der Waals surface area contributed by atoms with E-state index in [-0.39, 0.29) is 18.8 Å². The molecule has 0 radical (unpaired) electrons. The van der Waals surface area contributed by atoms with Crippen molar-refractivity contribution in [2.45, 2.75) is 52.2 Å². The number of terminal acetylenes is 2. The molecule has 2 N–H and O–H groups in total. The van der Waals surface area contributed by atoms with Crippen LogP contribution in [0, 0.1) is 36.5 Å². The molecule has 6 nitrogen and oxygen atoms in total. The van der Waals surface area contributed by atoms with E-state index in [9.17, 15) is 9.90 Å². The molecule has 0 saturated heterocycles. The largest absolute Gasteiger partial charge is 0.389 e. The van der Waals surface area contributed by atoms with Crippen molar-refractivity contribution in [3.05, 3.63) is 40.8 Å². The number of carbonyl (C=O) groups excluding carboxylic acids is 1. The van der Waals surface area contributed by atoms with Gasteiger partial charge in [0.25, 0.3) is 5.91 Å². The molecule has 30 heavy (non-hydrogen) atoms. The molecule has 0 spiro atoms. The quantitative estimate of drug-likeness (QED) is 0.353. The van der Waals surface area contributed by atoms with Gasteiger partial charge in [-0.3, -0.25) is 4.79 Å². The smallest absolute Gasteiger partial charge is 0.273 e. The Bertz CT molecular complexity index is 890. The first-order valence-corrected chi connectivity index (χ1v) is 9.63. The van der Waals surface area contributed by atoms with E-state index in [1.165, 1.54) is 6.07 Å². The van der Waals surface area contributed by atoms with E-state index in [2.05, 4.69) is 34.2 Å². The maximum Gasteiger partial charge on any atom is 0.273 e. The highest BCUT2D eigenvalue weighted by Crippen LogP contribution is 2.11. The summed E-state index contributed by atoms with van der Waals surface area (Å²) in [6, 6.07) is 1.51. The summed E-state index contributed by atoms with van der Waals surface area (Å²) in [5.74, 6) is 11.1. The molecule has 0 unspecified atom stereocenters. The molecular formula is C24H28N2O4. The summed E-state index contributed by atoms with van der Waals surface area (Å²) in [5, 5.41) is 15.9. The molecule has 0 aliphatic carbocycles. The van der Waals surface area contributed by atoms with Gasteiger partial charge in [-0.1, -0.05) is 42.0 Å². The number of carbonyl (C=O) groups is 1. The number of hydrogen-bond donors (Lipinski definition) is 2. The summed E-state index contributed by atoms with van der Waals surface area (Å²) in [5.41, 5.74) is 0.460. The van der Waals surface area contributed by atoms with Crippen molar-refractivity contribution in [3.8, 4) is 36.5 Å². The highest BCUT2D eigenvalue weighted by molar-refractivity contribution is 5.92. The Labute approximate surface area is 178 Å². The van der Waals surface area contributed by atoms with Crippen LogP contribution in [-0.4, -0.2) is 34.9 Å². The fraction of sp³-hybridized carbons (Fsp3) is 0.417. The Kier molecular flexibility index (Phi) is 10.8. The van der Waals surface area contributed by atoms with Gasteiger partial charge >= 0.3 is 0 Å². The Hall–Kier alpha value is -3.24. The minimum absolute atomic E-state index is 0.110. The fourth-order valence-electron chi connectivity index (χ4n) is 2.17. The van der Waals surface area contributed by atoms with Gasteiger partial charge in [-0.2, -0.15) is 0 Å². The van der Waals surface area contributed by atoms with Gasteiger partial charge in [0.15, 0.2) is 11.5 Å². The van der Waals surface area contributed by atoms with Gasteiger partial charge in [-0.05, 0) is 25.8 Å². The van der Waals surface area contributed by atoms with Crippen LogP contribution in [0.2, 0.25) is 0 Å². The average molecular weight is 408 g/mol. The third kappa shape index (κ3) is 9.80. The molecule has 1 aromatic rings. The molecule has 0 aliphatic rings. The molecular weight excluding hydrogens is 380 g/mol. The number of aliphatic hydroxyl groups is 1. The van der Waals surface area contributed by atoms with Crippen LogP contribution < -0.4 is 5.32 Å². The lowest BCUT2D eigenvalue weighted by molar-refractivity contribution is 0.0689. The molecule has 0 atom stereocenters. The summed E-state index contributed by atoms with van der Waals surface area (Å²) in [7, 11) is 0. The molecule has 1 aromatic heterocycles. The third-order valence-corrected chi connectivity index (χ3v) is 3.66. The zero-order valence-electron chi connectivity index (χ0n) is 17.7. The SMILES string of the molecule is C#CC(C#C)=C(/C=C\CCOCc1cc(C(=O)NCC(C)(C)O)no1)CC#CCC. The van der Waals surface area contributed by atoms with Gasteiger partial charge in [0.1, 0.15) is 6.61 Å². The molecule has 0 fully saturated rings. The van der Waals surface area contributed by atoms with E-state index in [1.54, 1.807) is 13.8 Å². The summed E-state index contributed by atoms with van der Waals surface area (Å²) < 4.78 is 10.6. The second-order valence-corrected chi connectivity index (χ2v) is 6.99. The van der Waals surface area contributed by atoms with Crippen molar-refractivity contribution in [2.75, 3.05) is 13.2 Å². The molecule has 0 bridgehead atoms. The normalized spacial score (nSPS) is 10.6. The van der Waals surface area contributed by atoms with Gasteiger partial charge in [0, 0.05) is 25.5 Å². The average Bonchev–Trinajstić information content (AvgIpc) is 3.17. The zero-order chi connectivity index (χ0) is 22.4. The van der Waals surface area contributed by atoms with Gasteiger partial charge in [-0.25, -0.2) is 0 Å². The van der Waals surface area contributed by atoms with Crippen LogP contribution in [0.25, 0.3) is 0 Å². The molecule has 0 aliphatic heterocycles. The lowest BCUT2D eigenvalue weighted by atomic mass is 10.1. The lowest BCUT2D eigenvalue weighted by Gasteiger charge is -2.16. The van der Waals surface area contributed by atoms with Crippen LogP contribution in [0.15, 0.2) is 33.9 Å². The lowest BCUT2D eigenvalue weighted by Crippen LogP contribution is -2.38. The minimum atomic E-state index is -1.00. The van der Waals surface area contributed by atoms with Crippen molar-refractivity contribution < 1.29 is 19.2 Å². The minimum Gasteiger partial charge on any atom is -0.389 e. The van der Waals surface area contributed by atoms with Crippen molar-refractivity contribution in [1.82, 2.24) is 10.5 Å². The summed E-state index contributed by atoms with van der Waals surface area (Å²) >= 11 is 0. The van der Waals surface area contributed by atoms with Crippen LogP contribution in [0.1, 0.15) is 56.3 Å². The number of rotatable bonds is 10. The van der Waals surface area contributed by atoms with Gasteiger partial charge < -0.3 is 19.7 Å². The second kappa shape index (κ2) is 13.1. The zero-order valence-corrected chi connectivity index (χ0v) is 17.7. The van der Waals surface area contributed by atoms with Crippen LogP contribution in [0.4, 0.5) is 0 Å². The van der Waals surface area contributed by atoms with Crippen LogP contribution >= 0.6 is 0 Å². The fourth-order valence-corrected chi connectivity index (χ4v) is 2.17. The first-order valence-electron chi connectivity index (χ1n) is 9.63. The molecule has 158 valence electrons. The van der Waals surface area contributed by atoms with E-state index >= 15 is 0 Å². The van der Waals surface area contributed by atoms with Crippen molar-refractivity contribution in [1.29, 1.82) is 0 Å². The number of nitrogens with one attached hydrogen (secondary N) is 1. The molecule has 1 rings (SSSR count). The number of aromatic nitrogens is 1. The monoisotopic (exact) mass is 408 g/mol. The molecule has 6 heteroatoms. The van der Waals surface area contributed by atoms with Crippen molar-refractivity contribution in [3.63, 3.8) is 0 Å². The van der Waals surface area contributed by atoms with Gasteiger partial charge in [0.2, 0.25) is 0 Å². The Balaban J connectivity index is 2.47. The number of ether oxygens (including phenoxy) is 1. The van der Waals surface area contributed by atoms with Crippen molar-refractivity contribution >= 4 is 5.91 Å². The standard InChI is InChI=1S/C24H28N2O4/c1-6-9-10-13-20(19(7-2)8-3)14-11-12-15-29-17-21-16-22(26-30-21)23(27)25-18-24(4,5)28/h2-3,11,14,16,28H,6,12-13,15,17-18H2,1,4-5H3,(H,25,27)/b14-11-. The first kappa shape index (κ1) is 24.8. The predicted molar refractivity (Wildman–Crippen MR) is 116 cm³/mol. The summed E-state index contributed by atoms with van der Waals surface area (Å²) in [4.78, 5) is 11.9. The van der Waals surface area contributed by atoms with E-state index in [1.807, 2.05) is 19.1 Å². The molecule has 1 heterocycles. The van der Waals surface area contributed by atoms with Crippen LogP contribution in [0.5, 0.6) is 0 Å². The third-order valence-electron chi connectivity index (χ3n) is 3.66. The molecule has 0 saturated carbocycles. The summed E-state index contributed by atoms with van der Waals surface area (Å²) in [6.07, 6.45) is 16.6. The van der Waals surface area contributed by atoms with Crippen LogP contribution in [-0.2, 0) is 11.3 Å². The van der Waals surface area contributed by atoms with E-state index < -0.39 is 11.5 Å². The predicted octanol–water partition coefficient (Wildman–Crippen LogP) is 3.00. The van der Waals surface area contributed by atoms with Crippen molar-refractivity contribution in [2.24, 2.45) is 0 Å². The topological polar surface area (TPSA) is 84.6 Å². The van der Waals surface area contributed by atoms with Gasteiger partial charge in [0.05, 0.1) is 17.8 Å². The van der Waals surface area contributed by atoms with E-state index in [4.69, 9.17) is 22.1 Å². The number of allylic oxidation sites excluding steroid dienone is 3. The Morgan fingerprint density at radius 1 is 1.37 bits per heavy atom. The van der Waals surface area contributed by atoms with E-state index in [0.29, 0.717) is 30.8 Å². The highest BCUT2D eigenvalue weighted by atomic mass is 16.5. The summed E-state index contributed by atoms with van der Waals surface area (Å²) in [6.45, 7) is 5.91. The second-order valence-electron chi connectivity index (χ2n) is 6.99. The Morgan fingerprint density at radius 2 is 2.10 bits per heavy atom. The Morgan fingerprint density at radius 3 is 2.73 bits per heavy atom. The molecule has 0 aromatic carbocycles. The number of nitrogens with zero attached hydrogens (tertiary/aromatic N) is 1. The van der Waals surface area contributed by atoms with Crippen LogP contribution in [0.3, 0.4) is 0 Å². The first-order chi connectivity index (χ1) is 14.3. The molecule has 1 amide bonds. The maximum atomic E-state index is 11.9. The highest BCUT2D eigenvalue weighted by Gasteiger charge is 2.17. The number of hydrogen-bond acceptors (Lipinski definition) is 5. The maximum absolute atomic E-state index is 11.9. The van der Waals surface area contributed by atoms with E-state index in [0.717, 1.165) is 12.0 Å².